The number of anilines is 1. The van der Waals surface area contributed by atoms with Gasteiger partial charge in [-0.15, -0.1) is 5.10 Å². The number of nitrogens with zero attached hydrogens (tertiary/aromatic N) is 5. The summed E-state index contributed by atoms with van der Waals surface area (Å²) in [6.07, 6.45) is 3.38. The van der Waals surface area contributed by atoms with Crippen LogP contribution in [-0.2, 0) is 24.6 Å². The van der Waals surface area contributed by atoms with Crippen molar-refractivity contribution in [3.63, 3.8) is 0 Å². The molecule has 8 aromatic rings. The Morgan fingerprint density at radius 1 is 0.729 bits per heavy atom. The molecule has 2 aromatic heterocycles. The highest BCUT2D eigenvalue weighted by atomic mass is 16.5. The molecular formula is C49H42N6O4. The van der Waals surface area contributed by atoms with E-state index in [4.69, 9.17) is 24.7 Å². The highest BCUT2D eigenvalue weighted by molar-refractivity contribution is 5.99. The Kier molecular flexibility index (Phi) is 10.4. The van der Waals surface area contributed by atoms with E-state index in [0.29, 0.717) is 23.7 Å². The van der Waals surface area contributed by atoms with Crippen LogP contribution in [0.25, 0.3) is 33.5 Å². The van der Waals surface area contributed by atoms with E-state index in [1.54, 1.807) is 30.3 Å². The zero-order chi connectivity index (χ0) is 40.2. The number of aromatic nitrogens is 5. The Morgan fingerprint density at radius 3 is 1.98 bits per heavy atom. The maximum Gasteiger partial charge on any atom is 0.303 e. The van der Waals surface area contributed by atoms with Crippen LogP contribution in [0.2, 0.25) is 0 Å². The summed E-state index contributed by atoms with van der Waals surface area (Å²) in [6.45, 7) is 1.96. The maximum atomic E-state index is 13.6. The third-order valence-corrected chi connectivity index (χ3v) is 10.8. The molecule has 0 bridgehead atoms. The van der Waals surface area contributed by atoms with Gasteiger partial charge in [-0.3, -0.25) is 9.59 Å². The summed E-state index contributed by atoms with van der Waals surface area (Å²) in [6, 6.07) is 53.9. The lowest BCUT2D eigenvalue weighted by Crippen LogP contribution is -2.38. The quantitative estimate of drug-likeness (QED) is 0.103. The van der Waals surface area contributed by atoms with Crippen LogP contribution in [-0.4, -0.2) is 43.0 Å². The molecule has 0 saturated carbocycles. The lowest BCUT2D eigenvalue weighted by molar-refractivity contribution is -0.152. The molecule has 1 aliphatic rings. The van der Waals surface area contributed by atoms with Crippen LogP contribution in [0.5, 0.6) is 0 Å². The highest BCUT2D eigenvalue weighted by Gasteiger charge is 2.40. The number of nitrogens with one attached hydrogen (secondary N) is 1. The summed E-state index contributed by atoms with van der Waals surface area (Å²) < 4.78 is 15.7. The molecule has 3 heterocycles. The number of carbonyl (C=O) groups excluding carboxylic acids is 2. The average Bonchev–Trinajstić information content (AvgIpc) is 3.94. The minimum atomic E-state index is -1.11. The predicted octanol–water partition coefficient (Wildman–Crippen LogP) is 9.74. The molecule has 59 heavy (non-hydrogen) atoms. The van der Waals surface area contributed by atoms with Crippen molar-refractivity contribution in [2.45, 2.75) is 44.1 Å². The zero-order valence-electron chi connectivity index (χ0n) is 32.5. The zero-order valence-corrected chi connectivity index (χ0v) is 32.5. The number of benzene rings is 6. The Hall–Kier alpha value is -7.17. The summed E-state index contributed by atoms with van der Waals surface area (Å²) >= 11 is 0. The van der Waals surface area contributed by atoms with Gasteiger partial charge in [-0.05, 0) is 66.3 Å². The largest absolute Gasteiger partial charge is 0.447 e. The first-order valence-corrected chi connectivity index (χ1v) is 19.9. The number of hydrogen-bond donors (Lipinski definition) is 1. The van der Waals surface area contributed by atoms with E-state index >= 15 is 0 Å². The Morgan fingerprint density at radius 2 is 1.37 bits per heavy atom. The number of esters is 1. The molecule has 1 amide bonds. The van der Waals surface area contributed by atoms with Crippen LogP contribution in [0.15, 0.2) is 170 Å². The number of hydrogen-bond acceptors (Lipinski definition) is 7. The van der Waals surface area contributed by atoms with E-state index in [1.165, 1.54) is 6.92 Å². The molecule has 1 saturated heterocycles. The van der Waals surface area contributed by atoms with Crippen LogP contribution in [0.4, 0.5) is 5.69 Å². The van der Waals surface area contributed by atoms with E-state index in [0.717, 1.165) is 63.7 Å². The average molecular weight is 779 g/mol. The second-order valence-corrected chi connectivity index (χ2v) is 14.6. The molecule has 2 atom stereocenters. The fourth-order valence-electron chi connectivity index (χ4n) is 8.14. The summed E-state index contributed by atoms with van der Waals surface area (Å²) in [4.78, 5) is 30.6. The summed E-state index contributed by atoms with van der Waals surface area (Å²) in [5, 5.41) is 14.3. The van der Waals surface area contributed by atoms with Gasteiger partial charge in [0.15, 0.2) is 12.1 Å². The fraction of sp³-hybridized carbons (Fsp3) is 0.163. The van der Waals surface area contributed by atoms with Gasteiger partial charge in [-0.1, -0.05) is 133 Å². The smallest absolute Gasteiger partial charge is 0.303 e. The van der Waals surface area contributed by atoms with Gasteiger partial charge in [0.25, 0.3) is 5.91 Å². The van der Waals surface area contributed by atoms with Crippen molar-refractivity contribution in [3.8, 4) is 22.6 Å². The third kappa shape index (κ3) is 7.30. The van der Waals surface area contributed by atoms with Crippen molar-refractivity contribution in [1.29, 1.82) is 0 Å². The van der Waals surface area contributed by atoms with E-state index in [2.05, 4.69) is 90.2 Å². The minimum absolute atomic E-state index is 0.218. The van der Waals surface area contributed by atoms with E-state index in [-0.39, 0.29) is 6.23 Å². The molecule has 0 spiro atoms. The molecule has 1 fully saturated rings. The van der Waals surface area contributed by atoms with Gasteiger partial charge in [-0.2, -0.15) is 5.10 Å². The van der Waals surface area contributed by atoms with Crippen molar-refractivity contribution >= 4 is 28.5 Å². The Bertz CT molecular complexity index is 2610. The molecule has 292 valence electrons. The van der Waals surface area contributed by atoms with E-state index in [9.17, 15) is 9.59 Å². The van der Waals surface area contributed by atoms with Crippen LogP contribution in [0.1, 0.15) is 60.8 Å². The number of ether oxygens (including phenoxy) is 2. The van der Waals surface area contributed by atoms with Crippen LogP contribution in [0.3, 0.4) is 0 Å². The Balaban J connectivity index is 1.14. The van der Waals surface area contributed by atoms with Crippen LogP contribution in [0, 0.1) is 0 Å². The molecule has 1 N–H and O–H groups in total. The van der Waals surface area contributed by atoms with Gasteiger partial charge in [0, 0.05) is 41.3 Å². The van der Waals surface area contributed by atoms with Crippen LogP contribution < -0.4 is 5.32 Å². The minimum Gasteiger partial charge on any atom is -0.447 e. The van der Waals surface area contributed by atoms with Crippen molar-refractivity contribution in [2.75, 3.05) is 11.9 Å². The number of rotatable bonds is 11. The van der Waals surface area contributed by atoms with Crippen LogP contribution >= 0.6 is 0 Å². The molecule has 10 heteroatoms. The van der Waals surface area contributed by atoms with Gasteiger partial charge >= 0.3 is 5.97 Å². The molecule has 2 unspecified atom stereocenters. The molecule has 9 rings (SSSR count). The molecule has 1 aliphatic heterocycles. The fourth-order valence-corrected chi connectivity index (χ4v) is 8.14. The second-order valence-electron chi connectivity index (χ2n) is 14.6. The molecule has 0 radical (unpaired) electrons. The SMILES string of the molecule is CC(=O)OC(C(=O)Nc1cccc(-c2nn(C3CCCCO3)c3ccc(-c4ncn(C(c5ccccc5)(c5ccccc5)c5ccccc5)n4)cc23)c1)c1ccccc1. The van der Waals surface area contributed by atoms with Gasteiger partial charge in [0.05, 0.1) is 5.52 Å². The second kappa shape index (κ2) is 16.4. The van der Waals surface area contributed by atoms with E-state index in [1.807, 2.05) is 64.2 Å². The molecule has 0 aliphatic carbocycles. The van der Waals surface area contributed by atoms with Gasteiger partial charge in [-0.25, -0.2) is 14.3 Å². The third-order valence-electron chi connectivity index (χ3n) is 10.8. The summed E-state index contributed by atoms with van der Waals surface area (Å²) in [7, 11) is 0. The topological polar surface area (TPSA) is 113 Å². The van der Waals surface area contributed by atoms with Gasteiger partial charge in [0.2, 0.25) is 6.10 Å². The summed E-state index contributed by atoms with van der Waals surface area (Å²) in [5.41, 5.74) is 6.69. The van der Waals surface area contributed by atoms with Crippen molar-refractivity contribution in [1.82, 2.24) is 24.5 Å². The Labute approximate surface area is 342 Å². The number of amides is 1. The first kappa shape index (κ1) is 37.4. The van der Waals surface area contributed by atoms with E-state index < -0.39 is 23.5 Å². The van der Waals surface area contributed by atoms with Crippen molar-refractivity contribution in [2.24, 2.45) is 0 Å². The van der Waals surface area contributed by atoms with Crippen molar-refractivity contribution < 1.29 is 19.1 Å². The lowest BCUT2D eigenvalue weighted by Gasteiger charge is -2.35. The normalized spacial score (nSPS) is 14.8. The lowest BCUT2D eigenvalue weighted by atomic mass is 9.77. The monoisotopic (exact) mass is 778 g/mol. The summed E-state index contributed by atoms with van der Waals surface area (Å²) in [5.74, 6) is -0.452. The molecular weight excluding hydrogens is 737 g/mol. The van der Waals surface area contributed by atoms with Gasteiger partial charge in [0.1, 0.15) is 17.6 Å². The first-order chi connectivity index (χ1) is 29.0. The first-order valence-electron chi connectivity index (χ1n) is 19.9. The number of carbonyl (C=O) groups is 2. The van der Waals surface area contributed by atoms with Gasteiger partial charge < -0.3 is 14.8 Å². The van der Waals surface area contributed by atoms with Crippen molar-refractivity contribution in [3.05, 3.63) is 192 Å². The predicted molar refractivity (Wildman–Crippen MR) is 227 cm³/mol. The standard InChI is InChI=1S/C49H42N6O4/c1-34(56)59-46(35-17-6-2-7-18-35)48(57)51-41-26-16-19-36(31-41)45-42-32-37(28-29-43(42)55(52-45)44-27-14-15-30-58-44)47-50-33-54(53-47)49(38-20-8-3-9-21-38,39-22-10-4-11-23-39)40-24-12-5-13-25-40/h2-13,16-26,28-29,31-33,44,46H,14-15,27,30H2,1H3,(H,51,57). The maximum absolute atomic E-state index is 13.6. The highest BCUT2D eigenvalue weighted by Crippen LogP contribution is 2.41. The molecule has 6 aromatic carbocycles. The number of fused-ring (bicyclic) bond motifs is 1. The molecule has 10 nitrogen and oxygen atoms in total.